The molecule has 5 aromatic rings. The van der Waals surface area contributed by atoms with E-state index in [0.717, 1.165) is 44.8 Å². The highest BCUT2D eigenvalue weighted by molar-refractivity contribution is 6.30. The van der Waals surface area contributed by atoms with Crippen LogP contribution in [0.5, 0.6) is 0 Å². The number of hydrogen-bond acceptors (Lipinski definition) is 5. The average Bonchev–Trinajstić information content (AvgIpc) is 3.40. The monoisotopic (exact) mass is 429 g/mol. The number of aryl methyl sites for hydroxylation is 1. The van der Waals surface area contributed by atoms with Crippen LogP contribution in [0.1, 0.15) is 24.2 Å². The van der Waals surface area contributed by atoms with Crippen LogP contribution in [0.2, 0.25) is 5.02 Å². The van der Waals surface area contributed by atoms with Crippen LogP contribution in [-0.2, 0) is 0 Å². The Hall–Kier alpha value is -3.71. The van der Waals surface area contributed by atoms with Crippen molar-refractivity contribution in [2.24, 2.45) is 0 Å². The Morgan fingerprint density at radius 2 is 1.87 bits per heavy atom. The van der Waals surface area contributed by atoms with Gasteiger partial charge in [-0.3, -0.25) is 0 Å². The lowest BCUT2D eigenvalue weighted by Gasteiger charge is -2.13. The molecule has 0 aliphatic heterocycles. The first kappa shape index (κ1) is 19.3. The third kappa shape index (κ3) is 3.87. The van der Waals surface area contributed by atoms with Crippen LogP contribution in [0, 0.1) is 6.92 Å². The van der Waals surface area contributed by atoms with Crippen molar-refractivity contribution in [2.45, 2.75) is 19.9 Å². The fourth-order valence-electron chi connectivity index (χ4n) is 3.50. The smallest absolute Gasteiger partial charge is 0.155 e. The van der Waals surface area contributed by atoms with E-state index in [9.17, 15) is 0 Å². The third-order valence-corrected chi connectivity index (χ3v) is 5.36. The molecule has 0 aliphatic rings. The summed E-state index contributed by atoms with van der Waals surface area (Å²) in [5, 5.41) is 13.3. The first-order valence-electron chi connectivity index (χ1n) is 9.93. The Morgan fingerprint density at radius 3 is 2.68 bits per heavy atom. The number of halogens is 1. The van der Waals surface area contributed by atoms with Gasteiger partial charge in [-0.15, -0.1) is 5.10 Å². The summed E-state index contributed by atoms with van der Waals surface area (Å²) in [4.78, 5) is 8.89. The number of fused-ring (bicyclic) bond motifs is 1. The van der Waals surface area contributed by atoms with Crippen molar-refractivity contribution < 1.29 is 0 Å². The second-order valence-corrected chi connectivity index (χ2v) is 7.80. The van der Waals surface area contributed by atoms with Crippen molar-refractivity contribution in [3.05, 3.63) is 89.5 Å². The second kappa shape index (κ2) is 7.85. The highest BCUT2D eigenvalue weighted by Gasteiger charge is 2.16. The molecule has 0 radical (unpaired) electrons. The largest absolute Gasteiger partial charge is 0.362 e. The number of rotatable bonds is 5. The van der Waals surface area contributed by atoms with Gasteiger partial charge in [0, 0.05) is 28.5 Å². The highest BCUT2D eigenvalue weighted by Crippen LogP contribution is 2.28. The number of hydrogen-bond donors (Lipinski definition) is 1. The van der Waals surface area contributed by atoms with Crippen molar-refractivity contribution in [3.63, 3.8) is 0 Å². The second-order valence-electron chi connectivity index (χ2n) is 7.36. The maximum Gasteiger partial charge on any atom is 0.155 e. The highest BCUT2D eigenvalue weighted by atomic mass is 35.5. The summed E-state index contributed by atoms with van der Waals surface area (Å²) >= 11 is 6.03. The Bertz CT molecular complexity index is 1350. The summed E-state index contributed by atoms with van der Waals surface area (Å²) in [5.41, 5.74) is 4.70. The van der Waals surface area contributed by atoms with Crippen LogP contribution < -0.4 is 5.32 Å². The van der Waals surface area contributed by atoms with Crippen molar-refractivity contribution in [3.8, 4) is 17.1 Å². The average molecular weight is 430 g/mol. The number of nitrogens with zero attached hydrogens (tertiary/aromatic N) is 6. The quantitative estimate of drug-likeness (QED) is 0.420. The van der Waals surface area contributed by atoms with Gasteiger partial charge in [0.15, 0.2) is 11.5 Å². The predicted octanol–water partition coefficient (Wildman–Crippen LogP) is 5.11. The summed E-state index contributed by atoms with van der Waals surface area (Å²) in [6.45, 7) is 4.06. The molecular formula is C23H20ClN7. The summed E-state index contributed by atoms with van der Waals surface area (Å²) in [7, 11) is 0. The van der Waals surface area contributed by atoms with E-state index in [1.165, 1.54) is 0 Å². The van der Waals surface area contributed by atoms with E-state index in [1.807, 2.05) is 78.5 Å². The maximum atomic E-state index is 6.03. The molecule has 1 N–H and O–H groups in total. The van der Waals surface area contributed by atoms with Crippen LogP contribution in [0.4, 0.5) is 5.82 Å². The van der Waals surface area contributed by atoms with Gasteiger partial charge in [0.25, 0.3) is 0 Å². The topological polar surface area (TPSA) is 72.9 Å². The van der Waals surface area contributed by atoms with E-state index in [1.54, 1.807) is 10.8 Å². The zero-order valence-corrected chi connectivity index (χ0v) is 17.8. The number of anilines is 1. The third-order valence-electron chi connectivity index (χ3n) is 5.10. The zero-order valence-electron chi connectivity index (χ0n) is 17.1. The van der Waals surface area contributed by atoms with Gasteiger partial charge in [-0.25, -0.2) is 19.2 Å². The van der Waals surface area contributed by atoms with Crippen LogP contribution in [-0.4, -0.2) is 29.4 Å². The fourth-order valence-corrected chi connectivity index (χ4v) is 3.63. The summed E-state index contributed by atoms with van der Waals surface area (Å²) in [6, 6.07) is 19.7. The molecule has 0 bridgehead atoms. The lowest BCUT2D eigenvalue weighted by atomic mass is 10.1. The molecule has 7 nitrogen and oxygen atoms in total. The number of nitrogens with one attached hydrogen (secondary N) is 1. The Balaban J connectivity index is 1.57. The zero-order chi connectivity index (χ0) is 21.4. The van der Waals surface area contributed by atoms with Gasteiger partial charge < -0.3 is 5.32 Å². The van der Waals surface area contributed by atoms with Crippen LogP contribution in [0.3, 0.4) is 0 Å². The summed E-state index contributed by atoms with van der Waals surface area (Å²) < 4.78 is 3.60. The molecule has 0 fully saturated rings. The van der Waals surface area contributed by atoms with Crippen molar-refractivity contribution in [1.82, 2.24) is 29.4 Å². The molecule has 8 heteroatoms. The Morgan fingerprint density at radius 1 is 1.03 bits per heavy atom. The number of pyridine rings is 2. The molecule has 1 unspecified atom stereocenters. The van der Waals surface area contributed by atoms with Crippen molar-refractivity contribution >= 4 is 23.1 Å². The molecule has 4 aromatic heterocycles. The van der Waals surface area contributed by atoms with Gasteiger partial charge >= 0.3 is 0 Å². The molecule has 1 aromatic carbocycles. The predicted molar refractivity (Wildman–Crippen MR) is 122 cm³/mol. The molecule has 0 saturated heterocycles. The normalized spacial score (nSPS) is 12.2. The van der Waals surface area contributed by atoms with Gasteiger partial charge in [-0.05, 0) is 55.8 Å². The fraction of sp³-hybridized carbons (Fsp3) is 0.130. The lowest BCUT2D eigenvalue weighted by Crippen LogP contribution is -2.08. The van der Waals surface area contributed by atoms with Gasteiger partial charge in [0.1, 0.15) is 12.1 Å². The molecule has 1 atom stereocenters. The minimum Gasteiger partial charge on any atom is -0.362 e. The number of aromatic nitrogens is 6. The SMILES string of the molecule is Cc1cccc(-n2nc(NC(C)c3ccc(Cl)cc3)cc2-c2ccc3ncnn3c2)n1. The van der Waals surface area contributed by atoms with Gasteiger partial charge in [0.05, 0.1) is 11.7 Å². The van der Waals surface area contributed by atoms with Crippen LogP contribution in [0.25, 0.3) is 22.7 Å². The first-order valence-corrected chi connectivity index (χ1v) is 10.3. The molecule has 31 heavy (non-hydrogen) atoms. The summed E-state index contributed by atoms with van der Waals surface area (Å²) in [6.07, 6.45) is 3.48. The van der Waals surface area contributed by atoms with E-state index in [-0.39, 0.29) is 6.04 Å². The molecule has 5 rings (SSSR count). The minimum atomic E-state index is 0.0525. The van der Waals surface area contributed by atoms with E-state index in [2.05, 4.69) is 27.3 Å². The minimum absolute atomic E-state index is 0.0525. The molecule has 0 spiro atoms. The standard InChI is InChI=1S/C23H20ClN7/c1-15-4-3-5-23(27-15)31-20(18-8-11-22-25-14-26-30(22)13-18)12-21(29-31)28-16(2)17-6-9-19(24)10-7-17/h3-14,16H,1-2H3,(H,28,29). The van der Waals surface area contributed by atoms with Gasteiger partial charge in [-0.1, -0.05) is 29.8 Å². The van der Waals surface area contributed by atoms with E-state index in [4.69, 9.17) is 16.7 Å². The van der Waals surface area contributed by atoms with Gasteiger partial charge in [-0.2, -0.15) is 5.10 Å². The van der Waals surface area contributed by atoms with Crippen molar-refractivity contribution in [2.75, 3.05) is 5.32 Å². The summed E-state index contributed by atoms with van der Waals surface area (Å²) in [5.74, 6) is 1.50. The van der Waals surface area contributed by atoms with E-state index >= 15 is 0 Å². The van der Waals surface area contributed by atoms with Crippen LogP contribution >= 0.6 is 11.6 Å². The maximum absolute atomic E-state index is 6.03. The molecule has 0 amide bonds. The van der Waals surface area contributed by atoms with Gasteiger partial charge in [0.2, 0.25) is 0 Å². The van der Waals surface area contributed by atoms with Crippen molar-refractivity contribution in [1.29, 1.82) is 0 Å². The molecular weight excluding hydrogens is 410 g/mol. The first-order chi connectivity index (χ1) is 15.1. The molecule has 4 heterocycles. The van der Waals surface area contributed by atoms with E-state index in [0.29, 0.717) is 0 Å². The van der Waals surface area contributed by atoms with E-state index < -0.39 is 0 Å². The Kier molecular flexibility index (Phi) is 4.88. The molecule has 154 valence electrons. The Labute approximate surface area is 184 Å². The lowest BCUT2D eigenvalue weighted by molar-refractivity contribution is 0.822. The van der Waals surface area contributed by atoms with Crippen LogP contribution in [0.15, 0.2) is 73.2 Å². The molecule has 0 saturated carbocycles. The molecule has 0 aliphatic carbocycles. The number of benzene rings is 1.